The molecule has 23 heavy (non-hydrogen) atoms. The standard InChI is InChI=1S/C17H28N2O3S/c20-16-17(9-4-11-19(16)14-5-2-1-3-6-14)10-12-18(13-17)23(21,22)15-7-8-15/h14-15H,1-13H2/t17-/m1/s1. The quantitative estimate of drug-likeness (QED) is 0.791. The zero-order valence-corrected chi connectivity index (χ0v) is 14.7. The highest BCUT2D eigenvalue weighted by Gasteiger charge is 2.53. The van der Waals surface area contributed by atoms with Crippen molar-refractivity contribution in [3.8, 4) is 0 Å². The lowest BCUT2D eigenvalue weighted by Gasteiger charge is -2.44. The minimum atomic E-state index is -3.14. The molecule has 0 radical (unpaired) electrons. The molecule has 0 N–H and O–H groups in total. The summed E-state index contributed by atoms with van der Waals surface area (Å²) in [7, 11) is -3.14. The monoisotopic (exact) mass is 340 g/mol. The molecule has 2 saturated carbocycles. The molecule has 0 bridgehead atoms. The first-order valence-corrected chi connectivity index (χ1v) is 10.8. The van der Waals surface area contributed by atoms with E-state index in [1.165, 1.54) is 19.3 Å². The molecular formula is C17H28N2O3S. The Morgan fingerprint density at radius 1 is 0.913 bits per heavy atom. The van der Waals surface area contributed by atoms with Gasteiger partial charge in [0.15, 0.2) is 0 Å². The Hall–Kier alpha value is -0.620. The number of hydrogen-bond donors (Lipinski definition) is 0. The molecule has 2 heterocycles. The molecule has 6 heteroatoms. The number of amides is 1. The maximum Gasteiger partial charge on any atom is 0.230 e. The van der Waals surface area contributed by atoms with E-state index >= 15 is 0 Å². The largest absolute Gasteiger partial charge is 0.339 e. The molecule has 2 aliphatic carbocycles. The molecule has 1 atom stereocenters. The molecule has 0 aromatic rings. The molecule has 0 aromatic carbocycles. The first-order chi connectivity index (χ1) is 11.0. The second-order valence-electron chi connectivity index (χ2n) is 8.00. The van der Waals surface area contributed by atoms with Crippen molar-refractivity contribution in [1.29, 1.82) is 0 Å². The maximum absolute atomic E-state index is 13.2. The summed E-state index contributed by atoms with van der Waals surface area (Å²) in [4.78, 5) is 15.3. The van der Waals surface area contributed by atoms with Gasteiger partial charge in [-0.05, 0) is 44.9 Å². The molecule has 5 nitrogen and oxygen atoms in total. The van der Waals surface area contributed by atoms with E-state index in [-0.39, 0.29) is 11.2 Å². The highest BCUT2D eigenvalue weighted by Crippen LogP contribution is 2.44. The molecule has 1 amide bonds. The first-order valence-electron chi connectivity index (χ1n) is 9.33. The van der Waals surface area contributed by atoms with Crippen LogP contribution in [0.4, 0.5) is 0 Å². The molecule has 4 aliphatic rings. The van der Waals surface area contributed by atoms with Crippen LogP contribution in [0.3, 0.4) is 0 Å². The number of carbonyl (C=O) groups is 1. The van der Waals surface area contributed by atoms with Gasteiger partial charge in [0, 0.05) is 25.7 Å². The average Bonchev–Trinajstić information content (AvgIpc) is 3.33. The number of nitrogens with zero attached hydrogens (tertiary/aromatic N) is 2. The molecule has 2 saturated heterocycles. The predicted octanol–water partition coefficient (Wildman–Crippen LogP) is 2.13. The smallest absolute Gasteiger partial charge is 0.230 e. The Balaban J connectivity index is 1.50. The van der Waals surface area contributed by atoms with Crippen LogP contribution in [0.15, 0.2) is 0 Å². The summed E-state index contributed by atoms with van der Waals surface area (Å²) < 4.78 is 26.7. The van der Waals surface area contributed by atoms with E-state index in [2.05, 4.69) is 4.90 Å². The number of rotatable bonds is 3. The van der Waals surface area contributed by atoms with Crippen molar-refractivity contribution >= 4 is 15.9 Å². The van der Waals surface area contributed by atoms with Crippen LogP contribution in [-0.4, -0.2) is 54.5 Å². The van der Waals surface area contributed by atoms with E-state index in [0.717, 1.165) is 51.5 Å². The van der Waals surface area contributed by atoms with Crippen LogP contribution < -0.4 is 0 Å². The van der Waals surface area contributed by atoms with Crippen molar-refractivity contribution in [3.63, 3.8) is 0 Å². The summed E-state index contributed by atoms with van der Waals surface area (Å²) in [5.74, 6) is 0.254. The van der Waals surface area contributed by atoms with Crippen molar-refractivity contribution < 1.29 is 13.2 Å². The summed E-state index contributed by atoms with van der Waals surface area (Å²) in [6.07, 6.45) is 10.2. The summed E-state index contributed by atoms with van der Waals surface area (Å²) in [5, 5.41) is -0.161. The van der Waals surface area contributed by atoms with Crippen molar-refractivity contribution in [2.45, 2.75) is 75.5 Å². The summed E-state index contributed by atoms with van der Waals surface area (Å²) in [6, 6.07) is 0.405. The molecule has 0 aromatic heterocycles. The summed E-state index contributed by atoms with van der Waals surface area (Å²) in [5.41, 5.74) is -0.419. The van der Waals surface area contributed by atoms with Crippen molar-refractivity contribution in [1.82, 2.24) is 9.21 Å². The van der Waals surface area contributed by atoms with Crippen LogP contribution in [0.1, 0.15) is 64.2 Å². The first kappa shape index (κ1) is 15.9. The highest BCUT2D eigenvalue weighted by atomic mass is 32.2. The van der Waals surface area contributed by atoms with Crippen molar-refractivity contribution in [2.24, 2.45) is 5.41 Å². The second kappa shape index (κ2) is 5.73. The van der Waals surface area contributed by atoms with E-state index in [0.29, 0.717) is 19.1 Å². The lowest BCUT2D eigenvalue weighted by atomic mass is 9.77. The molecule has 4 fully saturated rings. The minimum absolute atomic E-state index is 0.161. The van der Waals surface area contributed by atoms with Gasteiger partial charge in [-0.3, -0.25) is 4.79 Å². The number of likely N-dealkylation sites (tertiary alicyclic amines) is 1. The SMILES string of the molecule is O=C1N(C2CCCCC2)CCC[C@]12CCN(S(=O)(=O)C1CC1)C2. The Morgan fingerprint density at radius 3 is 2.35 bits per heavy atom. The van der Waals surface area contributed by atoms with Crippen LogP contribution in [0.25, 0.3) is 0 Å². The Morgan fingerprint density at radius 2 is 1.65 bits per heavy atom. The van der Waals surface area contributed by atoms with Gasteiger partial charge in [-0.15, -0.1) is 0 Å². The average molecular weight is 340 g/mol. The molecule has 2 aliphatic heterocycles. The number of hydrogen-bond acceptors (Lipinski definition) is 3. The van der Waals surface area contributed by atoms with E-state index in [9.17, 15) is 13.2 Å². The Bertz CT molecular complexity index is 581. The van der Waals surface area contributed by atoms with E-state index < -0.39 is 15.4 Å². The van der Waals surface area contributed by atoms with Crippen LogP contribution in [-0.2, 0) is 14.8 Å². The minimum Gasteiger partial charge on any atom is -0.339 e. The van der Waals surface area contributed by atoms with Gasteiger partial charge >= 0.3 is 0 Å². The van der Waals surface area contributed by atoms with E-state index in [1.54, 1.807) is 4.31 Å². The fraction of sp³-hybridized carbons (Fsp3) is 0.941. The van der Waals surface area contributed by atoms with Gasteiger partial charge < -0.3 is 4.90 Å². The predicted molar refractivity (Wildman–Crippen MR) is 88.4 cm³/mol. The molecule has 1 spiro atoms. The Labute approximate surface area is 139 Å². The van der Waals surface area contributed by atoms with Gasteiger partial charge in [-0.1, -0.05) is 19.3 Å². The second-order valence-corrected chi connectivity index (χ2v) is 10.2. The third-order valence-electron chi connectivity index (χ3n) is 6.41. The van der Waals surface area contributed by atoms with Crippen molar-refractivity contribution in [3.05, 3.63) is 0 Å². The summed E-state index contributed by atoms with van der Waals surface area (Å²) in [6.45, 7) is 1.86. The van der Waals surface area contributed by atoms with Gasteiger partial charge in [0.25, 0.3) is 0 Å². The molecule has 4 rings (SSSR count). The van der Waals surface area contributed by atoms with E-state index in [1.807, 2.05) is 0 Å². The lowest BCUT2D eigenvalue weighted by Crippen LogP contribution is -2.54. The van der Waals surface area contributed by atoms with Gasteiger partial charge in [-0.25, -0.2) is 12.7 Å². The lowest BCUT2D eigenvalue weighted by molar-refractivity contribution is -0.149. The summed E-state index contributed by atoms with van der Waals surface area (Å²) >= 11 is 0. The number of sulfonamides is 1. The van der Waals surface area contributed by atoms with Gasteiger partial charge in [0.05, 0.1) is 10.7 Å². The van der Waals surface area contributed by atoms with Crippen LogP contribution >= 0.6 is 0 Å². The van der Waals surface area contributed by atoms with E-state index in [4.69, 9.17) is 0 Å². The van der Waals surface area contributed by atoms with Crippen LogP contribution in [0.5, 0.6) is 0 Å². The van der Waals surface area contributed by atoms with Crippen LogP contribution in [0.2, 0.25) is 0 Å². The van der Waals surface area contributed by atoms with Gasteiger partial charge in [0.1, 0.15) is 0 Å². The van der Waals surface area contributed by atoms with Crippen LogP contribution in [0, 0.1) is 5.41 Å². The number of carbonyl (C=O) groups excluding carboxylic acids is 1. The fourth-order valence-corrected chi connectivity index (χ4v) is 6.78. The number of piperidine rings is 1. The van der Waals surface area contributed by atoms with Gasteiger partial charge in [0.2, 0.25) is 15.9 Å². The molecular weight excluding hydrogens is 312 g/mol. The topological polar surface area (TPSA) is 57.7 Å². The Kier molecular flexibility index (Phi) is 3.95. The zero-order chi connectivity index (χ0) is 16.1. The maximum atomic E-state index is 13.2. The third-order valence-corrected chi connectivity index (χ3v) is 8.75. The third kappa shape index (κ3) is 2.72. The normalized spacial score (nSPS) is 34.4. The molecule has 0 unspecified atom stereocenters. The van der Waals surface area contributed by atoms with Gasteiger partial charge in [-0.2, -0.15) is 0 Å². The molecule has 130 valence electrons. The van der Waals surface area contributed by atoms with Crippen molar-refractivity contribution in [2.75, 3.05) is 19.6 Å². The zero-order valence-electron chi connectivity index (χ0n) is 13.9. The fourth-order valence-electron chi connectivity index (χ4n) is 4.85. The highest BCUT2D eigenvalue weighted by molar-refractivity contribution is 7.90.